The van der Waals surface area contributed by atoms with Crippen LogP contribution in [0.5, 0.6) is 0 Å². The Balaban J connectivity index is 3.19. The number of anilines is 2. The predicted octanol–water partition coefficient (Wildman–Crippen LogP) is 0.727. The van der Waals surface area contributed by atoms with E-state index in [2.05, 4.69) is 16.0 Å². The highest BCUT2D eigenvalue weighted by Crippen LogP contribution is 2.35. The minimum atomic E-state index is -2.58. The first kappa shape index (κ1) is 15.2. The van der Waals surface area contributed by atoms with Gasteiger partial charge >= 0.3 is 0 Å². The third kappa shape index (κ3) is 3.31. The molecule has 0 unspecified atom stereocenters. The summed E-state index contributed by atoms with van der Waals surface area (Å²) in [5, 5.41) is 7.28. The lowest BCUT2D eigenvalue weighted by atomic mass is 10.2. The molecule has 0 aliphatic rings. The van der Waals surface area contributed by atoms with Crippen molar-refractivity contribution in [3.63, 3.8) is 0 Å². The fraction of sp³-hybridized carbons (Fsp3) is 0.400. The number of thiophene rings is 1. The molecule has 1 aromatic rings. The van der Waals surface area contributed by atoms with Crippen LogP contribution in [-0.2, 0) is 0 Å². The van der Waals surface area contributed by atoms with Crippen molar-refractivity contribution in [3.8, 4) is 0 Å². The van der Waals surface area contributed by atoms with E-state index in [0.29, 0.717) is 0 Å². The number of nitrogens with two attached hydrogens (primary N) is 1. The van der Waals surface area contributed by atoms with Crippen molar-refractivity contribution >= 4 is 33.8 Å². The molecule has 0 saturated heterocycles. The summed E-state index contributed by atoms with van der Waals surface area (Å²) < 4.78 is 24.4. The highest BCUT2D eigenvalue weighted by Gasteiger charge is 2.24. The van der Waals surface area contributed by atoms with E-state index in [-0.39, 0.29) is 21.1 Å². The molecule has 5 N–H and O–H groups in total. The summed E-state index contributed by atoms with van der Waals surface area (Å²) in [6.45, 7) is -0.628. The molecular formula is C10H14F2N4O2S. The van der Waals surface area contributed by atoms with Crippen molar-refractivity contribution < 1.29 is 18.4 Å². The Morgan fingerprint density at radius 1 is 1.26 bits per heavy atom. The van der Waals surface area contributed by atoms with Crippen LogP contribution >= 0.6 is 11.3 Å². The number of alkyl halides is 2. The SMILES string of the molecule is CNC(=O)c1sc(NCC(F)F)c(C(=O)NC)c1N. The molecule has 0 atom stereocenters. The smallest absolute Gasteiger partial charge is 0.263 e. The van der Waals surface area contributed by atoms with Gasteiger partial charge in [-0.1, -0.05) is 0 Å². The van der Waals surface area contributed by atoms with E-state index in [1.54, 1.807) is 0 Å². The second-order valence-electron chi connectivity index (χ2n) is 3.48. The topological polar surface area (TPSA) is 96.2 Å². The molecule has 6 nitrogen and oxygen atoms in total. The normalized spacial score (nSPS) is 10.4. The Labute approximate surface area is 112 Å². The van der Waals surface area contributed by atoms with Gasteiger partial charge < -0.3 is 21.7 Å². The van der Waals surface area contributed by atoms with Crippen molar-refractivity contribution in [1.82, 2.24) is 10.6 Å². The van der Waals surface area contributed by atoms with Crippen LogP contribution in [0, 0.1) is 0 Å². The summed E-state index contributed by atoms with van der Waals surface area (Å²) in [5.74, 6) is -1.02. The Morgan fingerprint density at radius 2 is 1.84 bits per heavy atom. The zero-order valence-corrected chi connectivity index (χ0v) is 11.2. The molecule has 1 aromatic heterocycles. The lowest BCUT2D eigenvalue weighted by Gasteiger charge is -2.06. The number of rotatable bonds is 5. The second kappa shape index (κ2) is 6.32. The van der Waals surface area contributed by atoms with Crippen LogP contribution in [0.1, 0.15) is 20.0 Å². The van der Waals surface area contributed by atoms with Gasteiger partial charge in [0, 0.05) is 14.1 Å². The van der Waals surface area contributed by atoms with E-state index < -0.39 is 24.8 Å². The number of hydrogen-bond donors (Lipinski definition) is 4. The van der Waals surface area contributed by atoms with E-state index >= 15 is 0 Å². The summed E-state index contributed by atoms with van der Waals surface area (Å²) >= 11 is 0.862. The summed E-state index contributed by atoms with van der Waals surface area (Å²) in [5.41, 5.74) is 5.70. The molecule has 0 aliphatic heterocycles. The van der Waals surface area contributed by atoms with Crippen molar-refractivity contribution in [3.05, 3.63) is 10.4 Å². The van der Waals surface area contributed by atoms with E-state index in [1.165, 1.54) is 14.1 Å². The third-order valence-corrected chi connectivity index (χ3v) is 3.41. The zero-order chi connectivity index (χ0) is 14.6. The molecule has 0 radical (unpaired) electrons. The molecule has 0 saturated carbocycles. The van der Waals surface area contributed by atoms with Crippen molar-refractivity contribution in [2.75, 3.05) is 31.7 Å². The molecular weight excluding hydrogens is 278 g/mol. The van der Waals surface area contributed by atoms with Crippen LogP contribution in [-0.4, -0.2) is 38.9 Å². The largest absolute Gasteiger partial charge is 0.397 e. The fourth-order valence-electron chi connectivity index (χ4n) is 1.37. The number of nitrogen functional groups attached to an aromatic ring is 1. The first-order valence-corrected chi connectivity index (χ1v) is 6.12. The molecule has 1 heterocycles. The highest BCUT2D eigenvalue weighted by molar-refractivity contribution is 7.19. The van der Waals surface area contributed by atoms with Gasteiger partial charge in [-0.3, -0.25) is 9.59 Å². The molecule has 0 aromatic carbocycles. The number of carbonyl (C=O) groups excluding carboxylic acids is 2. The van der Waals surface area contributed by atoms with Gasteiger partial charge in [-0.25, -0.2) is 8.78 Å². The van der Waals surface area contributed by atoms with Gasteiger partial charge in [-0.15, -0.1) is 11.3 Å². The van der Waals surface area contributed by atoms with Crippen molar-refractivity contribution in [2.45, 2.75) is 6.43 Å². The average Bonchev–Trinajstić information content (AvgIpc) is 2.71. The summed E-state index contributed by atoms with van der Waals surface area (Å²) in [4.78, 5) is 23.4. The number of halogens is 2. The maximum Gasteiger partial charge on any atom is 0.263 e. The Hall–Kier alpha value is -1.90. The molecule has 106 valence electrons. The lowest BCUT2D eigenvalue weighted by molar-refractivity contribution is 0.0963. The molecule has 19 heavy (non-hydrogen) atoms. The Morgan fingerprint density at radius 3 is 2.32 bits per heavy atom. The zero-order valence-electron chi connectivity index (χ0n) is 10.3. The molecule has 2 amide bonds. The van der Waals surface area contributed by atoms with Gasteiger partial charge in [0.15, 0.2) is 0 Å². The monoisotopic (exact) mass is 292 g/mol. The summed E-state index contributed by atoms with van der Waals surface area (Å²) in [6.07, 6.45) is -2.58. The first-order valence-electron chi connectivity index (χ1n) is 5.30. The first-order chi connectivity index (χ1) is 8.92. The molecule has 0 bridgehead atoms. The maximum absolute atomic E-state index is 12.2. The van der Waals surface area contributed by atoms with E-state index in [9.17, 15) is 18.4 Å². The Bertz CT molecular complexity index is 490. The number of nitrogens with one attached hydrogen (secondary N) is 3. The van der Waals surface area contributed by atoms with E-state index in [1.807, 2.05) is 0 Å². The minimum Gasteiger partial charge on any atom is -0.397 e. The van der Waals surface area contributed by atoms with Crippen LogP contribution < -0.4 is 21.7 Å². The van der Waals surface area contributed by atoms with Gasteiger partial charge in [0.2, 0.25) is 0 Å². The predicted molar refractivity (Wildman–Crippen MR) is 70.0 cm³/mol. The number of carbonyl (C=O) groups is 2. The third-order valence-electron chi connectivity index (χ3n) is 2.25. The van der Waals surface area contributed by atoms with Gasteiger partial charge in [0.25, 0.3) is 18.2 Å². The van der Waals surface area contributed by atoms with Gasteiger partial charge in [0.1, 0.15) is 9.88 Å². The summed E-state index contributed by atoms with van der Waals surface area (Å²) in [6, 6.07) is 0. The molecule has 0 fully saturated rings. The Kier molecular flexibility index (Phi) is 5.04. The molecule has 9 heteroatoms. The van der Waals surface area contributed by atoms with Crippen LogP contribution in [0.2, 0.25) is 0 Å². The summed E-state index contributed by atoms with van der Waals surface area (Å²) in [7, 11) is 2.79. The van der Waals surface area contributed by atoms with Crippen LogP contribution in [0.4, 0.5) is 19.5 Å². The van der Waals surface area contributed by atoms with Crippen LogP contribution in [0.25, 0.3) is 0 Å². The molecule has 1 rings (SSSR count). The molecule has 0 spiro atoms. The average molecular weight is 292 g/mol. The van der Waals surface area contributed by atoms with Gasteiger partial charge in [-0.2, -0.15) is 0 Å². The highest BCUT2D eigenvalue weighted by atomic mass is 32.1. The van der Waals surface area contributed by atoms with Gasteiger partial charge in [-0.05, 0) is 0 Å². The number of amides is 2. The van der Waals surface area contributed by atoms with E-state index in [4.69, 9.17) is 5.73 Å². The van der Waals surface area contributed by atoms with E-state index in [0.717, 1.165) is 11.3 Å². The standard InChI is InChI=1S/C10H14F2N4O2S/c1-14-8(17)5-6(13)7(9(18)15-2)19-10(5)16-3-4(11)12/h4,16H,3,13H2,1-2H3,(H,14,17)(H,15,18). The lowest BCUT2D eigenvalue weighted by Crippen LogP contribution is -2.22. The maximum atomic E-state index is 12.2. The second-order valence-corrected chi connectivity index (χ2v) is 4.50. The number of hydrogen-bond acceptors (Lipinski definition) is 5. The van der Waals surface area contributed by atoms with Crippen LogP contribution in [0.15, 0.2) is 0 Å². The van der Waals surface area contributed by atoms with Crippen LogP contribution in [0.3, 0.4) is 0 Å². The van der Waals surface area contributed by atoms with Gasteiger partial charge in [0.05, 0.1) is 17.8 Å². The minimum absolute atomic E-state index is 0.00625. The quantitative estimate of drug-likeness (QED) is 0.643. The fourth-order valence-corrected chi connectivity index (χ4v) is 2.44. The van der Waals surface area contributed by atoms with Crippen molar-refractivity contribution in [1.29, 1.82) is 0 Å². The van der Waals surface area contributed by atoms with Crippen molar-refractivity contribution in [2.24, 2.45) is 0 Å². The molecule has 0 aliphatic carbocycles.